The second kappa shape index (κ2) is 5.72. The number of aryl methyl sites for hydroxylation is 1. The van der Waals surface area contributed by atoms with Crippen LogP contribution in [0.3, 0.4) is 0 Å². The maximum Gasteiger partial charge on any atom is 0.341 e. The van der Waals surface area contributed by atoms with Crippen molar-refractivity contribution in [2.24, 2.45) is 0 Å². The summed E-state index contributed by atoms with van der Waals surface area (Å²) in [6.07, 6.45) is 4.59. The van der Waals surface area contributed by atoms with Gasteiger partial charge in [-0.05, 0) is 37.5 Å². The van der Waals surface area contributed by atoms with E-state index >= 15 is 0 Å². The molecule has 1 aliphatic carbocycles. The van der Waals surface area contributed by atoms with Crippen LogP contribution in [-0.2, 0) is 4.79 Å². The molecule has 2 heterocycles. The van der Waals surface area contributed by atoms with Gasteiger partial charge >= 0.3 is 5.97 Å². The van der Waals surface area contributed by atoms with Gasteiger partial charge in [0.25, 0.3) is 0 Å². The number of Topliss-reactive ketones (excluding diaryl/α,β-unsaturated/α-hetero) is 1. The van der Waals surface area contributed by atoms with Gasteiger partial charge in [0.15, 0.2) is 0 Å². The highest BCUT2D eigenvalue weighted by Crippen LogP contribution is 2.39. The van der Waals surface area contributed by atoms with Gasteiger partial charge in [0.2, 0.25) is 5.43 Å². The van der Waals surface area contributed by atoms with Crippen molar-refractivity contribution in [2.45, 2.75) is 38.6 Å². The summed E-state index contributed by atoms with van der Waals surface area (Å²) in [5.41, 5.74) is 2.23. The fraction of sp³-hybridized carbons (Fsp3) is 0.421. The minimum atomic E-state index is -1.18. The van der Waals surface area contributed by atoms with E-state index in [0.29, 0.717) is 31.3 Å². The van der Waals surface area contributed by atoms with Crippen molar-refractivity contribution in [1.82, 2.24) is 4.57 Å². The number of piperidine rings is 1. The summed E-state index contributed by atoms with van der Waals surface area (Å²) < 4.78 is 1.97. The maximum absolute atomic E-state index is 12.6. The van der Waals surface area contributed by atoms with Crippen LogP contribution in [0.2, 0.25) is 0 Å². The average molecular weight is 340 g/mol. The molecule has 1 N–H and O–H groups in total. The first kappa shape index (κ1) is 15.9. The minimum absolute atomic E-state index is 0.171. The van der Waals surface area contributed by atoms with Crippen LogP contribution in [-0.4, -0.2) is 34.5 Å². The third kappa shape index (κ3) is 2.62. The molecule has 2 fully saturated rings. The number of carbonyl (C=O) groups is 2. The van der Waals surface area contributed by atoms with Crippen LogP contribution in [0, 0.1) is 6.92 Å². The predicted molar refractivity (Wildman–Crippen MR) is 94.6 cm³/mol. The minimum Gasteiger partial charge on any atom is -0.477 e. The zero-order valence-electron chi connectivity index (χ0n) is 14.1. The quantitative estimate of drug-likeness (QED) is 0.929. The second-order valence-corrected chi connectivity index (χ2v) is 6.95. The largest absolute Gasteiger partial charge is 0.477 e. The van der Waals surface area contributed by atoms with Crippen molar-refractivity contribution < 1.29 is 14.7 Å². The molecule has 1 saturated carbocycles. The molecule has 6 heteroatoms. The Balaban J connectivity index is 1.92. The van der Waals surface area contributed by atoms with E-state index in [4.69, 9.17) is 0 Å². The van der Waals surface area contributed by atoms with Crippen molar-refractivity contribution in [2.75, 3.05) is 18.0 Å². The lowest BCUT2D eigenvalue weighted by atomic mass is 10.0. The van der Waals surface area contributed by atoms with Crippen LogP contribution in [0.1, 0.15) is 47.6 Å². The molecule has 2 aromatic rings. The molecule has 1 aromatic heterocycles. The Morgan fingerprint density at radius 1 is 1.16 bits per heavy atom. The molecule has 0 spiro atoms. The first-order valence-electron chi connectivity index (χ1n) is 8.66. The molecule has 25 heavy (non-hydrogen) atoms. The zero-order valence-corrected chi connectivity index (χ0v) is 14.1. The number of benzene rings is 1. The van der Waals surface area contributed by atoms with E-state index in [1.54, 1.807) is 6.07 Å². The zero-order chi connectivity index (χ0) is 17.7. The SMILES string of the molecule is Cc1c(N2CCC(=O)CC2)ccc2c(=O)c(C(=O)O)cn(C3CC3)c12. The van der Waals surface area contributed by atoms with E-state index in [1.807, 2.05) is 17.6 Å². The van der Waals surface area contributed by atoms with Crippen molar-refractivity contribution in [3.63, 3.8) is 0 Å². The number of carboxylic acid groups (broad SMARTS) is 1. The molecular weight excluding hydrogens is 320 g/mol. The number of carboxylic acids is 1. The van der Waals surface area contributed by atoms with E-state index in [-0.39, 0.29) is 17.4 Å². The van der Waals surface area contributed by atoms with E-state index < -0.39 is 11.4 Å². The van der Waals surface area contributed by atoms with Gasteiger partial charge in [0.1, 0.15) is 11.3 Å². The fourth-order valence-corrected chi connectivity index (χ4v) is 3.75. The number of anilines is 1. The predicted octanol–water partition coefficient (Wildman–Crippen LogP) is 2.51. The molecule has 1 aliphatic heterocycles. The Kier molecular flexibility index (Phi) is 3.63. The highest BCUT2D eigenvalue weighted by Gasteiger charge is 2.28. The normalized spacial score (nSPS) is 18.0. The monoisotopic (exact) mass is 340 g/mol. The summed E-state index contributed by atoms with van der Waals surface area (Å²) in [6, 6.07) is 3.89. The first-order valence-corrected chi connectivity index (χ1v) is 8.66. The molecular formula is C19H20N2O4. The lowest BCUT2D eigenvalue weighted by Gasteiger charge is -2.30. The van der Waals surface area contributed by atoms with Gasteiger partial charge in [-0.2, -0.15) is 0 Å². The van der Waals surface area contributed by atoms with Gasteiger partial charge in [-0.15, -0.1) is 0 Å². The molecule has 0 amide bonds. The van der Waals surface area contributed by atoms with Crippen LogP contribution >= 0.6 is 0 Å². The van der Waals surface area contributed by atoms with Crippen LogP contribution < -0.4 is 10.3 Å². The third-order valence-corrected chi connectivity index (χ3v) is 5.25. The van der Waals surface area contributed by atoms with E-state index in [2.05, 4.69) is 4.90 Å². The highest BCUT2D eigenvalue weighted by atomic mass is 16.4. The number of ketones is 1. The Bertz CT molecular complexity index is 946. The first-order chi connectivity index (χ1) is 12.0. The van der Waals surface area contributed by atoms with Gasteiger partial charge in [0.05, 0.1) is 5.52 Å². The van der Waals surface area contributed by atoms with Gasteiger partial charge < -0.3 is 14.6 Å². The van der Waals surface area contributed by atoms with Crippen LogP contribution in [0.25, 0.3) is 10.9 Å². The smallest absolute Gasteiger partial charge is 0.341 e. The lowest BCUT2D eigenvalue weighted by molar-refractivity contribution is -0.119. The van der Waals surface area contributed by atoms with E-state index in [9.17, 15) is 19.5 Å². The molecule has 0 atom stereocenters. The van der Waals surface area contributed by atoms with Crippen molar-refractivity contribution in [3.8, 4) is 0 Å². The molecule has 6 nitrogen and oxygen atoms in total. The van der Waals surface area contributed by atoms with Gasteiger partial charge in [-0.1, -0.05) is 0 Å². The molecule has 130 valence electrons. The summed E-state index contributed by atoms with van der Waals surface area (Å²) in [5, 5.41) is 9.81. The number of aromatic nitrogens is 1. The van der Waals surface area contributed by atoms with Crippen LogP contribution in [0.5, 0.6) is 0 Å². The molecule has 2 aliphatic rings. The summed E-state index contributed by atoms with van der Waals surface area (Å²) in [4.78, 5) is 37.7. The Labute approximate surface area is 144 Å². The van der Waals surface area contributed by atoms with Crippen molar-refractivity contribution in [1.29, 1.82) is 0 Å². The van der Waals surface area contributed by atoms with Gasteiger partial charge in [-0.3, -0.25) is 9.59 Å². The summed E-state index contributed by atoms with van der Waals surface area (Å²) in [6.45, 7) is 3.35. The van der Waals surface area contributed by atoms with Crippen LogP contribution in [0.15, 0.2) is 23.1 Å². The number of carbonyl (C=O) groups excluding carboxylic acids is 1. The Morgan fingerprint density at radius 3 is 2.44 bits per heavy atom. The molecule has 4 rings (SSSR count). The topological polar surface area (TPSA) is 79.6 Å². The number of aromatic carboxylic acids is 1. The molecule has 0 radical (unpaired) electrons. The standard InChI is InChI=1S/C19H20N2O4/c1-11-16(20-8-6-13(22)7-9-20)5-4-14-17(11)21(12-2-3-12)10-15(18(14)23)19(24)25/h4-5,10,12H,2-3,6-9H2,1H3,(H,24,25). The van der Waals surface area contributed by atoms with Gasteiger partial charge in [-0.25, -0.2) is 4.79 Å². The molecule has 1 saturated heterocycles. The molecule has 0 unspecified atom stereocenters. The summed E-state index contributed by atoms with van der Waals surface area (Å²) in [7, 11) is 0. The van der Waals surface area contributed by atoms with E-state index in [1.165, 1.54) is 6.20 Å². The number of fused-ring (bicyclic) bond motifs is 1. The maximum atomic E-state index is 12.6. The molecule has 0 bridgehead atoms. The molecule has 1 aromatic carbocycles. The Morgan fingerprint density at radius 2 is 1.84 bits per heavy atom. The second-order valence-electron chi connectivity index (χ2n) is 6.95. The summed E-state index contributed by atoms with van der Waals surface area (Å²) >= 11 is 0. The van der Waals surface area contributed by atoms with E-state index in [0.717, 1.165) is 29.6 Å². The lowest BCUT2D eigenvalue weighted by Crippen LogP contribution is -2.34. The highest BCUT2D eigenvalue weighted by molar-refractivity contribution is 5.95. The van der Waals surface area contributed by atoms with Crippen molar-refractivity contribution >= 4 is 28.3 Å². The number of hydrogen-bond donors (Lipinski definition) is 1. The Hall–Kier alpha value is -2.63. The number of nitrogens with zero attached hydrogens (tertiary/aromatic N) is 2. The third-order valence-electron chi connectivity index (χ3n) is 5.25. The number of rotatable bonds is 3. The van der Waals surface area contributed by atoms with Crippen LogP contribution in [0.4, 0.5) is 5.69 Å². The van der Waals surface area contributed by atoms with Crippen molar-refractivity contribution in [3.05, 3.63) is 39.7 Å². The fourth-order valence-electron chi connectivity index (χ4n) is 3.75. The summed E-state index contributed by atoms with van der Waals surface area (Å²) in [5.74, 6) is -0.895. The van der Waals surface area contributed by atoms with Gasteiger partial charge in [0, 0.05) is 49.2 Å². The average Bonchev–Trinajstić information content (AvgIpc) is 3.41. The number of pyridine rings is 1. The number of hydrogen-bond acceptors (Lipinski definition) is 4.